The Morgan fingerprint density at radius 2 is 1.70 bits per heavy atom. The molecule has 3 aromatic carbocycles. The number of halogens is 3. The molecule has 15 heteroatoms. The van der Waals surface area contributed by atoms with Crippen molar-refractivity contribution in [2.75, 3.05) is 45.7 Å². The molecule has 3 N–H and O–H groups in total. The highest BCUT2D eigenvalue weighted by Gasteiger charge is 2.55. The average molecular weight is 782 g/mol. The quantitative estimate of drug-likeness (QED) is 0.0817. The molecule has 0 aliphatic carbocycles. The Hall–Kier alpha value is -5.11. The van der Waals surface area contributed by atoms with E-state index in [9.17, 15) is 24.7 Å². The van der Waals surface area contributed by atoms with Gasteiger partial charge in [-0.3, -0.25) is 9.59 Å². The van der Waals surface area contributed by atoms with Crippen LogP contribution in [0.1, 0.15) is 46.0 Å². The molecule has 0 spiro atoms. The number of amides is 1. The van der Waals surface area contributed by atoms with E-state index < -0.39 is 47.8 Å². The van der Waals surface area contributed by atoms with Gasteiger partial charge in [0.15, 0.2) is 29.4 Å². The van der Waals surface area contributed by atoms with E-state index in [1.807, 2.05) is 0 Å². The summed E-state index contributed by atoms with van der Waals surface area (Å²) in [6, 6.07) is 17.0. The minimum absolute atomic E-state index is 0.0168. The number of pyridine rings is 1. The predicted octanol–water partition coefficient (Wildman–Crippen LogP) is 5.77. The largest absolute Gasteiger partial charge is 0.619 e. The van der Waals surface area contributed by atoms with E-state index in [4.69, 9.17) is 37.4 Å². The van der Waals surface area contributed by atoms with Crippen LogP contribution in [0.25, 0.3) is 0 Å². The van der Waals surface area contributed by atoms with Crippen LogP contribution in [0.4, 0.5) is 10.1 Å². The van der Waals surface area contributed by atoms with Gasteiger partial charge in [-0.05, 0) is 73.8 Å². The number of esters is 1. The van der Waals surface area contributed by atoms with Gasteiger partial charge in [0.2, 0.25) is 0 Å². The van der Waals surface area contributed by atoms with E-state index in [1.54, 1.807) is 36.4 Å². The van der Waals surface area contributed by atoms with Gasteiger partial charge in [-0.15, -0.1) is 0 Å². The molecule has 3 atom stereocenters. The number of carboxylic acids is 1. The highest BCUT2D eigenvalue weighted by Crippen LogP contribution is 2.46. The molecular weight excluding hydrogens is 742 g/mol. The summed E-state index contributed by atoms with van der Waals surface area (Å²) in [7, 11) is 2.94. The van der Waals surface area contributed by atoms with E-state index in [2.05, 4.69) is 15.5 Å². The molecule has 1 amide bonds. The number of ether oxygens (including phenoxy) is 3. The second kappa shape index (κ2) is 16.5. The van der Waals surface area contributed by atoms with Crippen LogP contribution in [0.3, 0.4) is 0 Å². The van der Waals surface area contributed by atoms with E-state index in [-0.39, 0.29) is 39.2 Å². The lowest BCUT2D eigenvalue weighted by molar-refractivity contribution is -0.605. The Morgan fingerprint density at radius 1 is 1.00 bits per heavy atom. The third kappa shape index (κ3) is 8.03. The summed E-state index contributed by atoms with van der Waals surface area (Å²) in [6.07, 6.45) is 2.86. The molecule has 54 heavy (non-hydrogen) atoms. The van der Waals surface area contributed by atoms with Crippen LogP contribution in [0.2, 0.25) is 10.0 Å². The number of hydrogen-bond acceptors (Lipinski definition) is 9. The number of aliphatic carboxylic acids is 1. The van der Waals surface area contributed by atoms with Gasteiger partial charge in [-0.25, -0.2) is 9.18 Å². The first-order chi connectivity index (χ1) is 25.9. The van der Waals surface area contributed by atoms with Gasteiger partial charge in [0.05, 0.1) is 14.2 Å². The molecule has 1 aromatic heterocycles. The Bertz CT molecular complexity index is 2020. The fraction of sp³-hybridized carbons (Fsp3) is 0.333. The number of carbonyl (C=O) groups is 3. The monoisotopic (exact) mass is 780 g/mol. The van der Waals surface area contributed by atoms with E-state index in [0.29, 0.717) is 33.9 Å². The van der Waals surface area contributed by atoms with Gasteiger partial charge in [0.1, 0.15) is 28.5 Å². The number of nitrogens with one attached hydrogen (secondary N) is 2. The minimum atomic E-state index is -1.83. The number of carbonyl (C=O) groups excluding carboxylic acids is 2. The predicted molar refractivity (Wildman–Crippen MR) is 198 cm³/mol. The maximum Gasteiger partial charge on any atom is 0.334 e. The molecule has 2 bridgehead atoms. The summed E-state index contributed by atoms with van der Waals surface area (Å²) in [5, 5.41) is 28.6. The number of rotatable bonds is 14. The van der Waals surface area contributed by atoms with Gasteiger partial charge in [0.25, 0.3) is 5.91 Å². The topological polar surface area (TPSA) is 153 Å². The normalized spacial score (nSPS) is 19.2. The van der Waals surface area contributed by atoms with Crippen molar-refractivity contribution in [3.05, 3.63) is 122 Å². The van der Waals surface area contributed by atoms with Crippen LogP contribution in [-0.4, -0.2) is 68.3 Å². The van der Waals surface area contributed by atoms with E-state index in [1.165, 1.54) is 44.6 Å². The fourth-order valence-electron chi connectivity index (χ4n) is 7.54. The standard InChI is InChI=1S/C39H39Cl2FN4O8/c1-52-33-11-10-24(17-35(33)53-2)34(18-27-30(40)21-46(51)22-31(27)41)54-36(47)19-43-37(48)25-6-5-7-26(16-25)44-39(38(49)50,28-8-3-4-9-32(28)42)29-20-45-14-12-23(29)13-15-45/h3-11,16-17,21-23,29,34,44H,12-15,18-20H2,1-2H3,(H,43,48)(H,49,50)/t29-,34?,39?/m0/s1. The summed E-state index contributed by atoms with van der Waals surface area (Å²) >= 11 is 12.7. The van der Waals surface area contributed by atoms with Crippen molar-refractivity contribution in [2.45, 2.75) is 30.9 Å². The van der Waals surface area contributed by atoms with Crippen molar-refractivity contribution in [2.24, 2.45) is 11.8 Å². The number of fused-ring (bicyclic) bond motifs is 3. The summed E-state index contributed by atoms with van der Waals surface area (Å²) in [5.74, 6) is -2.90. The van der Waals surface area contributed by atoms with Crippen LogP contribution in [-0.2, 0) is 26.3 Å². The molecular formula is C39H39Cl2FN4O8. The molecule has 284 valence electrons. The number of nitrogens with zero attached hydrogens (tertiary/aromatic N) is 2. The maximum atomic E-state index is 15.5. The molecule has 7 rings (SSSR count). The van der Waals surface area contributed by atoms with Gasteiger partial charge < -0.3 is 40.1 Å². The maximum absolute atomic E-state index is 15.5. The van der Waals surface area contributed by atoms with Crippen LogP contribution in [0, 0.1) is 22.9 Å². The summed E-state index contributed by atoms with van der Waals surface area (Å²) < 4.78 is 32.6. The summed E-state index contributed by atoms with van der Waals surface area (Å²) in [6.45, 7) is 1.66. The number of piperidine rings is 3. The Kier molecular flexibility index (Phi) is 11.8. The van der Waals surface area contributed by atoms with Crippen LogP contribution in [0.5, 0.6) is 11.5 Å². The number of benzene rings is 3. The lowest BCUT2D eigenvalue weighted by atomic mass is 9.65. The second-order valence-corrected chi connectivity index (χ2v) is 14.1. The molecule has 0 saturated carbocycles. The molecule has 3 aliphatic heterocycles. The second-order valence-electron chi connectivity index (χ2n) is 13.3. The lowest BCUT2D eigenvalue weighted by Crippen LogP contribution is -2.61. The fourth-order valence-corrected chi connectivity index (χ4v) is 8.13. The van der Waals surface area contributed by atoms with E-state index >= 15 is 4.39 Å². The first-order valence-corrected chi connectivity index (χ1v) is 18.0. The van der Waals surface area contributed by atoms with Gasteiger partial charge in [0, 0.05) is 41.3 Å². The van der Waals surface area contributed by atoms with E-state index in [0.717, 1.165) is 38.3 Å². The molecule has 3 aliphatic rings. The smallest absolute Gasteiger partial charge is 0.334 e. The molecule has 3 fully saturated rings. The lowest BCUT2D eigenvalue weighted by Gasteiger charge is -2.52. The molecule has 3 saturated heterocycles. The minimum Gasteiger partial charge on any atom is -0.619 e. The Balaban J connectivity index is 1.21. The molecule has 4 aromatic rings. The van der Waals surface area contributed by atoms with Crippen molar-refractivity contribution < 1.29 is 42.8 Å². The van der Waals surface area contributed by atoms with Crippen molar-refractivity contribution in [1.29, 1.82) is 0 Å². The van der Waals surface area contributed by atoms with Crippen LogP contribution >= 0.6 is 23.2 Å². The third-order valence-corrected chi connectivity index (χ3v) is 10.9. The SMILES string of the molecule is COc1ccc(C(Cc2c(Cl)c[n+]([O-])cc2Cl)OC(=O)CNC(=O)c2cccc(NC(C(=O)O)(c3ccccc3F)[C@H]3CN4CCC3CC4)c2)cc1OC. The summed E-state index contributed by atoms with van der Waals surface area (Å²) in [4.78, 5) is 42.3. The number of hydrogen-bond donors (Lipinski definition) is 3. The molecule has 4 heterocycles. The number of methoxy groups -OCH3 is 2. The zero-order valence-corrected chi connectivity index (χ0v) is 31.0. The van der Waals surface area contributed by atoms with Gasteiger partial charge in [-0.2, -0.15) is 4.73 Å². The number of anilines is 1. The number of carboxylic acid groups (broad SMARTS) is 1. The van der Waals surface area contributed by atoms with Crippen molar-refractivity contribution >= 4 is 46.7 Å². The Morgan fingerprint density at radius 3 is 2.33 bits per heavy atom. The third-order valence-electron chi connectivity index (χ3n) is 10.2. The summed E-state index contributed by atoms with van der Waals surface area (Å²) in [5.41, 5.74) is -0.542. The number of aromatic nitrogens is 1. The van der Waals surface area contributed by atoms with Crippen molar-refractivity contribution in [3.8, 4) is 11.5 Å². The zero-order chi connectivity index (χ0) is 38.6. The van der Waals surface area contributed by atoms with Crippen LogP contribution < -0.4 is 24.8 Å². The Labute approximate surface area is 321 Å². The molecule has 0 radical (unpaired) electrons. The van der Waals surface area contributed by atoms with Crippen molar-refractivity contribution in [3.63, 3.8) is 0 Å². The highest BCUT2D eigenvalue weighted by atomic mass is 35.5. The van der Waals surface area contributed by atoms with Gasteiger partial charge >= 0.3 is 11.9 Å². The average Bonchev–Trinajstić information content (AvgIpc) is 3.17. The highest BCUT2D eigenvalue weighted by molar-refractivity contribution is 6.35. The first kappa shape index (κ1) is 38.6. The van der Waals surface area contributed by atoms with Gasteiger partial charge in [-0.1, -0.05) is 53.5 Å². The van der Waals surface area contributed by atoms with Crippen molar-refractivity contribution in [1.82, 2.24) is 10.2 Å². The van der Waals surface area contributed by atoms with Crippen LogP contribution in [0.15, 0.2) is 79.1 Å². The molecule has 12 nitrogen and oxygen atoms in total. The molecule has 2 unspecified atom stereocenters. The zero-order valence-electron chi connectivity index (χ0n) is 29.5. The first-order valence-electron chi connectivity index (χ1n) is 17.3.